The Bertz CT molecular complexity index is 190. The van der Waals surface area contributed by atoms with E-state index in [0.717, 1.165) is 44.4 Å². The molecular weight excluding hydrogens is 317 g/mol. The van der Waals surface area contributed by atoms with E-state index >= 15 is 0 Å². The first-order valence-electron chi connectivity index (χ1n) is 5.61. The van der Waals surface area contributed by atoms with Crippen molar-refractivity contribution >= 4 is 17.1 Å². The molecule has 0 amide bonds. The molecule has 0 aromatic carbocycles. The van der Waals surface area contributed by atoms with E-state index in [-0.39, 0.29) is 0 Å². The minimum atomic E-state index is -1.19. The first-order chi connectivity index (χ1) is 6.75. The van der Waals surface area contributed by atoms with Gasteiger partial charge in [-0.15, -0.1) is 0 Å². The third-order valence-corrected chi connectivity index (χ3v) is 21.4. The summed E-state index contributed by atoms with van der Waals surface area (Å²) in [6.07, 6.45) is 0. The molecule has 0 heterocycles. The molecule has 0 saturated heterocycles. The van der Waals surface area contributed by atoms with Gasteiger partial charge in [0.1, 0.15) is 0 Å². The molecule has 0 aliphatic carbocycles. The Balaban J connectivity index is 4.88. The van der Waals surface area contributed by atoms with Gasteiger partial charge < -0.3 is 0 Å². The Labute approximate surface area is 109 Å². The van der Waals surface area contributed by atoms with Crippen LogP contribution in [0.15, 0.2) is 11.6 Å². The van der Waals surface area contributed by atoms with Gasteiger partial charge in [0, 0.05) is 0 Å². The zero-order chi connectivity index (χ0) is 12.2. The SMILES string of the molecule is C=C(Cl)[CH2][Pd][PH](C(C)C)(C(C)C)C(C)C. The van der Waals surface area contributed by atoms with Crippen LogP contribution in [0.4, 0.5) is 0 Å². The van der Waals surface area contributed by atoms with E-state index in [9.17, 15) is 0 Å². The van der Waals surface area contributed by atoms with Gasteiger partial charge in [0.2, 0.25) is 0 Å². The standard InChI is InChI=1S/C9H21P.C3H4Cl.Pd/c1-7(2)10(8(3)4)9(5)6;1-3(2)4;/h7-9H,1-6H3;1-2H2;/q;;-1/p+1. The summed E-state index contributed by atoms with van der Waals surface area (Å²) in [5.74, 6) is 0. The summed E-state index contributed by atoms with van der Waals surface area (Å²) in [4.78, 5) is 1.05. The molecule has 0 aliphatic rings. The van der Waals surface area contributed by atoms with Gasteiger partial charge >= 0.3 is 110 Å². The monoisotopic (exact) mass is 342 g/mol. The van der Waals surface area contributed by atoms with Gasteiger partial charge in [-0.3, -0.25) is 0 Å². The first kappa shape index (κ1) is 16.1. The minimum absolute atomic E-state index is 0.805. The van der Waals surface area contributed by atoms with Crippen molar-refractivity contribution in [2.45, 2.75) is 63.4 Å². The van der Waals surface area contributed by atoms with Crippen LogP contribution in [-0.2, 0) is 17.5 Å². The molecule has 0 spiro atoms. The predicted molar refractivity (Wildman–Crippen MR) is 73.5 cm³/mol. The molecule has 0 N–H and O–H groups in total. The molecule has 0 aromatic heterocycles. The van der Waals surface area contributed by atoms with Crippen LogP contribution in [0.1, 0.15) is 41.5 Å². The number of allylic oxidation sites excluding steroid dienone is 1. The Morgan fingerprint density at radius 1 is 1.07 bits per heavy atom. The molecule has 0 aliphatic heterocycles. The van der Waals surface area contributed by atoms with E-state index in [4.69, 9.17) is 11.6 Å². The van der Waals surface area contributed by atoms with Crippen molar-refractivity contribution in [1.29, 1.82) is 0 Å². The van der Waals surface area contributed by atoms with E-state index in [1.54, 1.807) is 0 Å². The van der Waals surface area contributed by atoms with Crippen LogP contribution in [0, 0.1) is 0 Å². The summed E-state index contributed by atoms with van der Waals surface area (Å²) in [6, 6.07) is 0. The molecule has 0 nitrogen and oxygen atoms in total. The number of hydrogen-bond donors (Lipinski definition) is 0. The van der Waals surface area contributed by atoms with E-state index < -0.39 is 5.45 Å². The van der Waals surface area contributed by atoms with Gasteiger partial charge in [0.25, 0.3) is 0 Å². The summed E-state index contributed by atoms with van der Waals surface area (Å²) in [6.45, 7) is 18.3. The van der Waals surface area contributed by atoms with Crippen molar-refractivity contribution in [3.8, 4) is 0 Å². The fraction of sp³-hybridized carbons (Fsp3) is 0.833. The van der Waals surface area contributed by atoms with E-state index in [1.165, 1.54) is 0 Å². The normalized spacial score (nSPS) is 14.3. The van der Waals surface area contributed by atoms with Gasteiger partial charge in [-0.2, -0.15) is 0 Å². The van der Waals surface area contributed by atoms with Crippen molar-refractivity contribution in [2.75, 3.05) is 0 Å². The fourth-order valence-corrected chi connectivity index (χ4v) is 16.4. The summed E-state index contributed by atoms with van der Waals surface area (Å²) < 4.78 is 0. The topological polar surface area (TPSA) is 0 Å². The first-order valence-corrected chi connectivity index (χ1v) is 11.5. The zero-order valence-electron chi connectivity index (χ0n) is 10.8. The van der Waals surface area contributed by atoms with Crippen molar-refractivity contribution in [3.63, 3.8) is 0 Å². The van der Waals surface area contributed by atoms with Crippen LogP contribution in [0.25, 0.3) is 0 Å². The average molecular weight is 343 g/mol. The maximum atomic E-state index is 5.94. The molecule has 15 heavy (non-hydrogen) atoms. The van der Waals surface area contributed by atoms with Crippen LogP contribution in [0.2, 0.25) is 4.89 Å². The summed E-state index contributed by atoms with van der Waals surface area (Å²) >= 11 is 6.74. The molecule has 0 rings (SSSR count). The van der Waals surface area contributed by atoms with E-state index in [0.29, 0.717) is 0 Å². The van der Waals surface area contributed by atoms with Crippen LogP contribution in [0.3, 0.4) is 0 Å². The molecule has 0 bridgehead atoms. The Kier molecular flexibility index (Phi) is 7.27. The number of rotatable bonds is 6. The van der Waals surface area contributed by atoms with Crippen LogP contribution < -0.4 is 0 Å². The molecule has 0 aromatic rings. The molecule has 0 radical (unpaired) electrons. The quantitative estimate of drug-likeness (QED) is 0.463. The summed E-state index contributed by atoms with van der Waals surface area (Å²) in [7, 11) is 0. The molecule has 0 atom stereocenters. The second kappa shape index (κ2) is 6.76. The molecule has 0 unspecified atom stereocenters. The van der Waals surface area contributed by atoms with Crippen molar-refractivity contribution in [3.05, 3.63) is 11.6 Å². The molecule has 3 heteroatoms. The Morgan fingerprint density at radius 2 is 1.40 bits per heavy atom. The summed E-state index contributed by atoms with van der Waals surface area (Å²) in [5, 5.41) is 0.850. The molecule has 96 valence electrons. The van der Waals surface area contributed by atoms with Crippen LogP contribution in [0.5, 0.6) is 0 Å². The molecule has 0 saturated carbocycles. The van der Waals surface area contributed by atoms with E-state index in [1.807, 2.05) is 0 Å². The van der Waals surface area contributed by atoms with Crippen molar-refractivity contribution in [1.82, 2.24) is 0 Å². The van der Waals surface area contributed by atoms with E-state index in [2.05, 4.69) is 48.1 Å². The second-order valence-corrected chi connectivity index (χ2v) is 17.0. The second-order valence-electron chi connectivity index (χ2n) is 4.98. The Hall–Kier alpha value is 1.12. The van der Waals surface area contributed by atoms with Crippen molar-refractivity contribution < 1.29 is 17.5 Å². The number of hydrogen-bond acceptors (Lipinski definition) is 0. The zero-order valence-corrected chi connectivity index (χ0v) is 14.2. The number of halogens is 1. The average Bonchev–Trinajstić information content (AvgIpc) is 2.02. The van der Waals surface area contributed by atoms with Crippen LogP contribution >= 0.6 is 17.1 Å². The molecule has 0 fully saturated rings. The van der Waals surface area contributed by atoms with Gasteiger partial charge in [-0.05, 0) is 0 Å². The van der Waals surface area contributed by atoms with Gasteiger partial charge in [-0.25, -0.2) is 0 Å². The molecular formula is C12H26ClPPd. The fourth-order valence-electron chi connectivity index (χ4n) is 2.54. The van der Waals surface area contributed by atoms with Crippen LogP contribution in [-0.4, -0.2) is 17.0 Å². The maximum absolute atomic E-state index is 5.94. The Morgan fingerprint density at radius 3 is 1.60 bits per heavy atom. The van der Waals surface area contributed by atoms with Gasteiger partial charge in [0.15, 0.2) is 0 Å². The van der Waals surface area contributed by atoms with Gasteiger partial charge in [0.05, 0.1) is 0 Å². The third kappa shape index (κ3) is 4.13. The summed E-state index contributed by atoms with van der Waals surface area (Å²) in [5.41, 5.74) is 1.36. The van der Waals surface area contributed by atoms with Gasteiger partial charge in [-0.1, -0.05) is 0 Å². The third-order valence-electron chi connectivity index (χ3n) is 2.92. The predicted octanol–water partition coefficient (Wildman–Crippen LogP) is 5.13. The van der Waals surface area contributed by atoms with Crippen molar-refractivity contribution in [2.24, 2.45) is 0 Å².